The number of nitrogens with zero attached hydrogens (tertiary/aromatic N) is 1. The Bertz CT molecular complexity index is 438. The zero-order valence-electron chi connectivity index (χ0n) is 12.8. The van der Waals surface area contributed by atoms with Gasteiger partial charge in [0.25, 0.3) is 0 Å². The molecule has 1 aliphatic heterocycles. The Morgan fingerprint density at radius 3 is 2.57 bits per heavy atom. The summed E-state index contributed by atoms with van der Waals surface area (Å²) in [4.78, 5) is 2.37. The van der Waals surface area contributed by atoms with Gasteiger partial charge in [0.05, 0.1) is 0 Å². The molecule has 1 saturated heterocycles. The Labute approximate surface area is 132 Å². The Hall–Kier alpha value is -0.840. The van der Waals surface area contributed by atoms with Gasteiger partial charge in [-0.25, -0.2) is 4.39 Å². The summed E-state index contributed by atoms with van der Waals surface area (Å²) in [6.07, 6.45) is 2.18. The highest BCUT2D eigenvalue weighted by atomic mass is 35.5. The van der Waals surface area contributed by atoms with Crippen LogP contribution in [0.25, 0.3) is 0 Å². The highest BCUT2D eigenvalue weighted by Gasteiger charge is 2.29. The predicted octanol–water partition coefficient (Wildman–Crippen LogP) is 3.34. The smallest absolute Gasteiger partial charge is 0.131 e. The molecule has 0 bridgehead atoms. The van der Waals surface area contributed by atoms with Crippen molar-refractivity contribution < 1.29 is 9.50 Å². The maximum atomic E-state index is 14.3. The second kappa shape index (κ2) is 8.57. The van der Waals surface area contributed by atoms with Crippen molar-refractivity contribution in [3.63, 3.8) is 0 Å². The summed E-state index contributed by atoms with van der Waals surface area (Å²) in [6, 6.07) is 4.65. The lowest BCUT2D eigenvalue weighted by Crippen LogP contribution is -2.46. The molecule has 1 aromatic carbocycles. The van der Waals surface area contributed by atoms with Crippen LogP contribution in [0.4, 0.5) is 4.39 Å². The van der Waals surface area contributed by atoms with E-state index >= 15 is 0 Å². The minimum atomic E-state index is -0.295. The van der Waals surface area contributed by atoms with Crippen molar-refractivity contribution in [2.45, 2.75) is 32.7 Å². The third-order valence-corrected chi connectivity index (χ3v) is 4.13. The first kappa shape index (κ1) is 18.2. The first-order chi connectivity index (χ1) is 9.63. The van der Waals surface area contributed by atoms with E-state index in [1.54, 1.807) is 12.1 Å². The fraction of sp³-hybridized carbons (Fsp3) is 0.625. The molecule has 3 nitrogen and oxygen atoms in total. The van der Waals surface area contributed by atoms with Crippen molar-refractivity contribution >= 4 is 12.4 Å². The number of benzene rings is 1. The standard InChI is InChI=1S/C16H25FN2O.ClH/c1-3-4-12(2)16(19-9-7-18-8-10-19)14-6-5-13(20)11-15(14)17;/h5-6,11-12,16,18,20H,3-4,7-10H2,1-2H3;1H/t12?,16-;/m1./s1. The van der Waals surface area contributed by atoms with Gasteiger partial charge in [0, 0.05) is 43.9 Å². The van der Waals surface area contributed by atoms with Gasteiger partial charge >= 0.3 is 0 Å². The largest absolute Gasteiger partial charge is 0.508 e. The molecule has 1 fully saturated rings. The summed E-state index contributed by atoms with van der Waals surface area (Å²) >= 11 is 0. The van der Waals surface area contributed by atoms with Crippen molar-refractivity contribution in [1.82, 2.24) is 10.2 Å². The molecule has 0 amide bonds. The molecule has 1 unspecified atom stereocenters. The lowest BCUT2D eigenvalue weighted by atomic mass is 9.89. The molecule has 5 heteroatoms. The zero-order valence-corrected chi connectivity index (χ0v) is 13.6. The van der Waals surface area contributed by atoms with E-state index in [9.17, 15) is 9.50 Å². The quantitative estimate of drug-likeness (QED) is 0.874. The SMILES string of the molecule is CCCC(C)[C@H](c1ccc(O)cc1F)N1CCNCC1.Cl. The molecule has 0 radical (unpaired) electrons. The molecule has 0 saturated carbocycles. The first-order valence-corrected chi connectivity index (χ1v) is 7.56. The molecular formula is C16H26ClFN2O. The number of hydrogen-bond acceptors (Lipinski definition) is 3. The van der Waals surface area contributed by atoms with Crippen LogP contribution in [-0.2, 0) is 0 Å². The second-order valence-electron chi connectivity index (χ2n) is 5.70. The van der Waals surface area contributed by atoms with Crippen LogP contribution in [0.3, 0.4) is 0 Å². The summed E-state index contributed by atoms with van der Waals surface area (Å²) in [5.74, 6) is 0.0992. The summed E-state index contributed by atoms with van der Waals surface area (Å²) < 4.78 is 14.3. The molecule has 21 heavy (non-hydrogen) atoms. The van der Waals surface area contributed by atoms with Crippen molar-refractivity contribution in [3.8, 4) is 5.75 Å². The third-order valence-electron chi connectivity index (χ3n) is 4.13. The molecule has 1 aliphatic rings. The lowest BCUT2D eigenvalue weighted by Gasteiger charge is -2.38. The Morgan fingerprint density at radius 1 is 1.33 bits per heavy atom. The third kappa shape index (κ3) is 4.56. The molecule has 2 atom stereocenters. The van der Waals surface area contributed by atoms with E-state index in [-0.39, 0.29) is 30.0 Å². The van der Waals surface area contributed by atoms with Crippen LogP contribution >= 0.6 is 12.4 Å². The highest BCUT2D eigenvalue weighted by Crippen LogP contribution is 2.34. The highest BCUT2D eigenvalue weighted by molar-refractivity contribution is 5.85. The van der Waals surface area contributed by atoms with Gasteiger partial charge in [-0.3, -0.25) is 4.90 Å². The summed E-state index contributed by atoms with van der Waals surface area (Å²) in [7, 11) is 0. The average Bonchev–Trinajstić information content (AvgIpc) is 2.43. The van der Waals surface area contributed by atoms with Crippen LogP contribution < -0.4 is 5.32 Å². The van der Waals surface area contributed by atoms with Gasteiger partial charge in [-0.2, -0.15) is 0 Å². The fourth-order valence-electron chi connectivity index (χ4n) is 3.19. The number of phenols is 1. The molecule has 0 spiro atoms. The van der Waals surface area contributed by atoms with Gasteiger partial charge < -0.3 is 10.4 Å². The van der Waals surface area contributed by atoms with Crippen molar-refractivity contribution in [1.29, 1.82) is 0 Å². The summed E-state index contributed by atoms with van der Waals surface area (Å²) in [6.45, 7) is 8.16. The lowest BCUT2D eigenvalue weighted by molar-refractivity contribution is 0.123. The number of piperazine rings is 1. The molecule has 0 aromatic heterocycles. The van der Waals surface area contributed by atoms with Gasteiger partial charge in [0.15, 0.2) is 0 Å². The van der Waals surface area contributed by atoms with Gasteiger partial charge in [-0.15, -0.1) is 12.4 Å². The Balaban J connectivity index is 0.00000220. The molecule has 0 aliphatic carbocycles. The molecule has 120 valence electrons. The van der Waals surface area contributed by atoms with E-state index < -0.39 is 0 Å². The number of aromatic hydroxyl groups is 1. The van der Waals surface area contributed by atoms with Crippen LogP contribution in [0, 0.1) is 11.7 Å². The first-order valence-electron chi connectivity index (χ1n) is 7.56. The van der Waals surface area contributed by atoms with E-state index in [1.807, 2.05) is 0 Å². The van der Waals surface area contributed by atoms with Gasteiger partial charge in [0.2, 0.25) is 0 Å². The molecule has 2 N–H and O–H groups in total. The van der Waals surface area contributed by atoms with Crippen LogP contribution in [0.5, 0.6) is 5.75 Å². The average molecular weight is 317 g/mol. The number of rotatable bonds is 5. The minimum absolute atomic E-state index is 0. The second-order valence-corrected chi connectivity index (χ2v) is 5.70. The van der Waals surface area contributed by atoms with Crippen LogP contribution in [-0.4, -0.2) is 36.2 Å². The monoisotopic (exact) mass is 316 g/mol. The van der Waals surface area contributed by atoms with E-state index in [1.165, 1.54) is 6.07 Å². The fourth-order valence-corrected chi connectivity index (χ4v) is 3.19. The number of phenolic OH excluding ortho intramolecular Hbond substituents is 1. The van der Waals surface area contributed by atoms with Gasteiger partial charge in [0.1, 0.15) is 11.6 Å². The molecular weight excluding hydrogens is 291 g/mol. The number of halogens is 2. The maximum absolute atomic E-state index is 14.3. The molecule has 2 rings (SSSR count). The normalized spacial score (nSPS) is 18.8. The zero-order chi connectivity index (χ0) is 14.5. The molecule has 1 aromatic rings. The van der Waals surface area contributed by atoms with Crippen LogP contribution in [0.2, 0.25) is 0 Å². The summed E-state index contributed by atoms with van der Waals surface area (Å²) in [5, 5.41) is 12.7. The van der Waals surface area contributed by atoms with E-state index in [0.717, 1.165) is 39.0 Å². The Morgan fingerprint density at radius 2 is 2.00 bits per heavy atom. The van der Waals surface area contributed by atoms with Gasteiger partial charge in [-0.1, -0.05) is 26.3 Å². The predicted molar refractivity (Wildman–Crippen MR) is 86.6 cm³/mol. The summed E-state index contributed by atoms with van der Waals surface area (Å²) in [5.41, 5.74) is 0.714. The number of hydrogen-bond donors (Lipinski definition) is 2. The minimum Gasteiger partial charge on any atom is -0.508 e. The van der Waals surface area contributed by atoms with Crippen molar-refractivity contribution in [2.75, 3.05) is 26.2 Å². The van der Waals surface area contributed by atoms with Crippen LogP contribution in [0.1, 0.15) is 38.3 Å². The topological polar surface area (TPSA) is 35.5 Å². The van der Waals surface area contributed by atoms with Gasteiger partial charge in [-0.05, 0) is 18.4 Å². The maximum Gasteiger partial charge on any atom is 0.131 e. The van der Waals surface area contributed by atoms with E-state index in [0.29, 0.717) is 11.5 Å². The van der Waals surface area contributed by atoms with E-state index in [4.69, 9.17) is 0 Å². The van der Waals surface area contributed by atoms with E-state index in [2.05, 4.69) is 24.1 Å². The van der Waals surface area contributed by atoms with Crippen molar-refractivity contribution in [2.24, 2.45) is 5.92 Å². The number of nitrogens with one attached hydrogen (secondary N) is 1. The van der Waals surface area contributed by atoms with Crippen LogP contribution in [0.15, 0.2) is 18.2 Å². The Kier molecular flexibility index (Phi) is 7.43. The van der Waals surface area contributed by atoms with Crippen molar-refractivity contribution in [3.05, 3.63) is 29.6 Å². The molecule has 1 heterocycles.